The van der Waals surface area contributed by atoms with Crippen LogP contribution in [0.3, 0.4) is 0 Å². The number of nitrogens with zero attached hydrogens (tertiary/aromatic N) is 6. The van der Waals surface area contributed by atoms with Crippen LogP contribution in [0.2, 0.25) is 0 Å². The highest BCUT2D eigenvalue weighted by molar-refractivity contribution is 5.91. The number of fused-ring (bicyclic) bond motifs is 1. The Kier molecular flexibility index (Phi) is 5.43. The van der Waals surface area contributed by atoms with Gasteiger partial charge in [-0.1, -0.05) is 26.8 Å². The third-order valence-electron chi connectivity index (χ3n) is 5.51. The van der Waals surface area contributed by atoms with Gasteiger partial charge in [0.05, 0.1) is 35.5 Å². The molecule has 1 amide bonds. The zero-order valence-electron chi connectivity index (χ0n) is 19.8. The van der Waals surface area contributed by atoms with E-state index in [2.05, 4.69) is 20.5 Å². The molecule has 0 bridgehead atoms. The largest absolute Gasteiger partial charge is 0.448 e. The summed E-state index contributed by atoms with van der Waals surface area (Å²) in [5.74, 6) is -0.363. The molecule has 4 aromatic heterocycles. The quantitative estimate of drug-likeness (QED) is 0.411. The molecule has 1 N–H and O–H groups in total. The first-order valence-electron chi connectivity index (χ1n) is 11.1. The molecule has 9 nitrogen and oxygen atoms in total. The van der Waals surface area contributed by atoms with E-state index in [1.54, 1.807) is 46.0 Å². The monoisotopic (exact) mass is 473 g/mol. The van der Waals surface area contributed by atoms with Crippen molar-refractivity contribution in [1.29, 1.82) is 0 Å². The fourth-order valence-corrected chi connectivity index (χ4v) is 3.67. The Hall–Kier alpha value is -4.34. The van der Waals surface area contributed by atoms with Gasteiger partial charge in [-0.25, -0.2) is 18.9 Å². The third kappa shape index (κ3) is 4.42. The Morgan fingerprint density at radius 3 is 2.66 bits per heavy atom. The summed E-state index contributed by atoms with van der Waals surface area (Å²) in [6.45, 7) is 5.98. The van der Waals surface area contributed by atoms with E-state index in [0.717, 1.165) is 5.56 Å². The molecule has 10 heteroatoms. The first-order valence-corrected chi connectivity index (χ1v) is 11.1. The summed E-state index contributed by atoms with van der Waals surface area (Å²) in [5.41, 5.74) is 3.39. The van der Waals surface area contributed by atoms with Crippen molar-refractivity contribution in [3.63, 3.8) is 0 Å². The molecule has 0 saturated heterocycles. The molecule has 5 rings (SSSR count). The van der Waals surface area contributed by atoms with Gasteiger partial charge in [0, 0.05) is 36.3 Å². The van der Waals surface area contributed by atoms with Crippen LogP contribution in [0.15, 0.2) is 59.7 Å². The zero-order chi connectivity index (χ0) is 24.7. The van der Waals surface area contributed by atoms with Gasteiger partial charge in [-0.05, 0) is 23.8 Å². The van der Waals surface area contributed by atoms with E-state index in [1.165, 1.54) is 12.3 Å². The Morgan fingerprint density at radius 2 is 1.97 bits per heavy atom. The summed E-state index contributed by atoms with van der Waals surface area (Å²) in [7, 11) is 1.82. The lowest BCUT2D eigenvalue weighted by molar-refractivity contribution is 0.0945. The van der Waals surface area contributed by atoms with Gasteiger partial charge in [-0.15, -0.1) is 0 Å². The van der Waals surface area contributed by atoms with Crippen LogP contribution in [0.25, 0.3) is 28.0 Å². The van der Waals surface area contributed by atoms with Gasteiger partial charge < -0.3 is 9.73 Å². The van der Waals surface area contributed by atoms with Crippen molar-refractivity contribution in [2.75, 3.05) is 0 Å². The van der Waals surface area contributed by atoms with E-state index in [1.807, 2.05) is 34.0 Å². The number of oxazole rings is 1. The number of carbonyl (C=O) groups is 1. The molecule has 35 heavy (non-hydrogen) atoms. The van der Waals surface area contributed by atoms with E-state index in [0.29, 0.717) is 33.9 Å². The number of halogens is 1. The fourth-order valence-electron chi connectivity index (χ4n) is 3.67. The number of rotatable bonds is 5. The number of hydrogen-bond acceptors (Lipinski definition) is 6. The van der Waals surface area contributed by atoms with Crippen molar-refractivity contribution >= 4 is 11.4 Å². The van der Waals surface area contributed by atoms with Crippen molar-refractivity contribution < 1.29 is 13.6 Å². The van der Waals surface area contributed by atoms with Gasteiger partial charge in [0.1, 0.15) is 12.1 Å². The van der Waals surface area contributed by atoms with E-state index < -0.39 is 5.82 Å². The minimum Gasteiger partial charge on any atom is -0.448 e. The van der Waals surface area contributed by atoms with E-state index >= 15 is 4.39 Å². The molecule has 0 spiro atoms. The molecule has 4 heterocycles. The lowest BCUT2D eigenvalue weighted by Crippen LogP contribution is -2.23. The molecule has 0 saturated carbocycles. The minimum atomic E-state index is -0.452. The summed E-state index contributed by atoms with van der Waals surface area (Å²) in [6.07, 6.45) is 8.29. The maximum atomic E-state index is 15.3. The van der Waals surface area contributed by atoms with Crippen LogP contribution in [-0.2, 0) is 19.0 Å². The van der Waals surface area contributed by atoms with Gasteiger partial charge in [0.15, 0.2) is 11.6 Å². The van der Waals surface area contributed by atoms with Crippen molar-refractivity contribution in [2.45, 2.75) is 32.7 Å². The standard InChI is InChI=1S/C25H24FN7O2/c1-25(2,3)24-31-20(14-35-24)23(34)27-10-15-5-6-17(18(26)9-15)22-21-7-8-28-33(21)13-19(30-22)16-11-29-32(4)12-16/h5-9,11-14H,10H2,1-4H3,(H,27,34). The summed E-state index contributed by atoms with van der Waals surface area (Å²) >= 11 is 0. The zero-order valence-corrected chi connectivity index (χ0v) is 19.8. The average molecular weight is 474 g/mol. The van der Waals surface area contributed by atoms with Crippen LogP contribution in [-0.4, -0.2) is 35.3 Å². The van der Waals surface area contributed by atoms with Crippen molar-refractivity contribution in [1.82, 2.24) is 34.7 Å². The third-order valence-corrected chi connectivity index (χ3v) is 5.51. The van der Waals surface area contributed by atoms with Crippen LogP contribution in [0.1, 0.15) is 42.7 Å². The summed E-state index contributed by atoms with van der Waals surface area (Å²) < 4.78 is 24.0. The highest BCUT2D eigenvalue weighted by Crippen LogP contribution is 2.29. The van der Waals surface area contributed by atoms with Gasteiger partial charge in [0.2, 0.25) is 0 Å². The Morgan fingerprint density at radius 1 is 1.14 bits per heavy atom. The second-order valence-corrected chi connectivity index (χ2v) is 9.32. The minimum absolute atomic E-state index is 0.138. The molecule has 0 aliphatic carbocycles. The Bertz CT molecular complexity index is 1540. The van der Waals surface area contributed by atoms with E-state index in [-0.39, 0.29) is 23.6 Å². The first-order chi connectivity index (χ1) is 16.7. The molecule has 0 radical (unpaired) electrons. The summed E-state index contributed by atoms with van der Waals surface area (Å²) in [4.78, 5) is 21.4. The molecular formula is C25H24FN7O2. The fraction of sp³-hybridized carbons (Fsp3) is 0.240. The number of amides is 1. The van der Waals surface area contributed by atoms with Crippen LogP contribution >= 0.6 is 0 Å². The number of nitrogens with one attached hydrogen (secondary N) is 1. The van der Waals surface area contributed by atoms with Gasteiger partial charge in [-0.2, -0.15) is 10.2 Å². The van der Waals surface area contributed by atoms with Gasteiger partial charge in [0.25, 0.3) is 5.91 Å². The van der Waals surface area contributed by atoms with Crippen molar-refractivity contribution in [3.8, 4) is 22.5 Å². The SMILES string of the molecule is Cn1cc(-c2cn3nccc3c(-c3ccc(CNC(=O)c4coc(C(C)(C)C)n4)cc3F)n2)cn1. The summed E-state index contributed by atoms with van der Waals surface area (Å²) in [5, 5.41) is 11.3. The van der Waals surface area contributed by atoms with Crippen molar-refractivity contribution in [3.05, 3.63) is 78.3 Å². The predicted molar refractivity (Wildman–Crippen MR) is 127 cm³/mol. The van der Waals surface area contributed by atoms with Gasteiger partial charge in [-0.3, -0.25) is 9.48 Å². The molecule has 5 aromatic rings. The normalized spacial score (nSPS) is 11.8. The molecule has 0 aliphatic rings. The van der Waals surface area contributed by atoms with Crippen LogP contribution in [0.4, 0.5) is 4.39 Å². The van der Waals surface area contributed by atoms with Crippen LogP contribution in [0, 0.1) is 5.82 Å². The first kappa shape index (κ1) is 22.5. The van der Waals surface area contributed by atoms with Crippen LogP contribution < -0.4 is 5.32 Å². The van der Waals surface area contributed by atoms with Gasteiger partial charge >= 0.3 is 0 Å². The number of aryl methyl sites for hydroxylation is 1. The average Bonchev–Trinajstić information content (AvgIpc) is 3.56. The highest BCUT2D eigenvalue weighted by atomic mass is 19.1. The topological polar surface area (TPSA) is 103 Å². The molecule has 0 atom stereocenters. The second-order valence-electron chi connectivity index (χ2n) is 9.32. The second kappa shape index (κ2) is 8.46. The Balaban J connectivity index is 1.39. The summed E-state index contributed by atoms with van der Waals surface area (Å²) in [6, 6.07) is 6.59. The number of hydrogen-bond donors (Lipinski definition) is 1. The maximum Gasteiger partial charge on any atom is 0.273 e. The number of aromatic nitrogens is 6. The molecular weight excluding hydrogens is 449 g/mol. The predicted octanol–water partition coefficient (Wildman–Crippen LogP) is 4.15. The van der Waals surface area contributed by atoms with Crippen LogP contribution in [0.5, 0.6) is 0 Å². The molecule has 0 aliphatic heterocycles. The molecule has 0 unspecified atom stereocenters. The Labute approximate surface area is 200 Å². The maximum absolute atomic E-state index is 15.3. The smallest absolute Gasteiger partial charge is 0.273 e. The number of carbonyl (C=O) groups excluding carboxylic acids is 1. The van der Waals surface area contributed by atoms with Crippen molar-refractivity contribution in [2.24, 2.45) is 7.05 Å². The number of benzene rings is 1. The lowest BCUT2D eigenvalue weighted by atomic mass is 9.97. The molecule has 0 fully saturated rings. The van der Waals surface area contributed by atoms with E-state index in [4.69, 9.17) is 9.40 Å². The van der Waals surface area contributed by atoms with E-state index in [9.17, 15) is 4.79 Å². The highest BCUT2D eigenvalue weighted by Gasteiger charge is 2.22. The molecule has 1 aromatic carbocycles. The lowest BCUT2D eigenvalue weighted by Gasteiger charge is -2.11. The molecule has 178 valence electrons.